The second kappa shape index (κ2) is 4.48. The highest BCUT2D eigenvalue weighted by atomic mass is 14.7. The van der Waals surface area contributed by atoms with Crippen LogP contribution in [0.1, 0.15) is 39.0 Å². The van der Waals surface area contributed by atoms with Gasteiger partial charge in [0.15, 0.2) is 0 Å². The van der Waals surface area contributed by atoms with E-state index in [0.717, 1.165) is 12.5 Å². The molecule has 1 aliphatic rings. The summed E-state index contributed by atoms with van der Waals surface area (Å²) in [5, 5.41) is 0. The number of hydrogen-bond donors (Lipinski definition) is 0. The molecule has 1 heteroatoms. The van der Waals surface area contributed by atoms with Crippen molar-refractivity contribution in [1.82, 2.24) is 0 Å². The molecule has 1 unspecified atom stereocenters. The zero-order valence-corrected chi connectivity index (χ0v) is 6.84. The van der Waals surface area contributed by atoms with Crippen LogP contribution >= 0.6 is 0 Å². The van der Waals surface area contributed by atoms with Gasteiger partial charge in [0.1, 0.15) is 0 Å². The van der Waals surface area contributed by atoms with Gasteiger partial charge in [-0.2, -0.15) is 0 Å². The summed E-state index contributed by atoms with van der Waals surface area (Å²) in [4.78, 5) is 4.30. The van der Waals surface area contributed by atoms with E-state index >= 15 is 0 Å². The standard InChI is InChI=1S/C9H17N/c1-9-5-2-3-7-10-8-4-6-9/h7,9H,2-6,8H2,1H3/b10-7-. The number of rotatable bonds is 0. The first-order chi connectivity index (χ1) is 4.89. The highest BCUT2D eigenvalue weighted by Gasteiger charge is 2.01. The predicted octanol–water partition coefficient (Wildman–Crippen LogP) is 2.66. The second-order valence-electron chi connectivity index (χ2n) is 3.27. The van der Waals surface area contributed by atoms with Crippen LogP contribution in [0.25, 0.3) is 0 Å². The van der Waals surface area contributed by atoms with Crippen LogP contribution in [0, 0.1) is 5.92 Å². The molecule has 0 aromatic heterocycles. The fourth-order valence-electron chi connectivity index (χ4n) is 1.42. The van der Waals surface area contributed by atoms with Gasteiger partial charge >= 0.3 is 0 Å². The smallest absolute Gasteiger partial charge is 0.0385 e. The van der Waals surface area contributed by atoms with Crippen molar-refractivity contribution >= 4 is 6.21 Å². The summed E-state index contributed by atoms with van der Waals surface area (Å²) in [5.41, 5.74) is 0. The van der Waals surface area contributed by atoms with E-state index in [2.05, 4.69) is 18.1 Å². The SMILES string of the molecule is CC1CCC/C=N\CCC1. The van der Waals surface area contributed by atoms with Gasteiger partial charge < -0.3 is 0 Å². The zero-order chi connectivity index (χ0) is 7.23. The van der Waals surface area contributed by atoms with Gasteiger partial charge in [-0.3, -0.25) is 4.99 Å². The van der Waals surface area contributed by atoms with Crippen molar-refractivity contribution in [2.24, 2.45) is 10.9 Å². The van der Waals surface area contributed by atoms with E-state index in [4.69, 9.17) is 0 Å². The van der Waals surface area contributed by atoms with Crippen LogP contribution in [0.3, 0.4) is 0 Å². The van der Waals surface area contributed by atoms with Crippen molar-refractivity contribution in [3.63, 3.8) is 0 Å². The molecule has 1 nitrogen and oxygen atoms in total. The quantitative estimate of drug-likeness (QED) is 0.489. The summed E-state index contributed by atoms with van der Waals surface area (Å²) in [7, 11) is 0. The average Bonchev–Trinajstić information content (AvgIpc) is 2.02. The molecule has 0 fully saturated rings. The maximum atomic E-state index is 4.30. The van der Waals surface area contributed by atoms with Crippen molar-refractivity contribution < 1.29 is 0 Å². The normalized spacial score (nSPS) is 31.9. The van der Waals surface area contributed by atoms with E-state index < -0.39 is 0 Å². The molecular weight excluding hydrogens is 122 g/mol. The molecule has 1 aliphatic heterocycles. The lowest BCUT2D eigenvalue weighted by molar-refractivity contribution is 0.473. The van der Waals surface area contributed by atoms with Gasteiger partial charge in [0.05, 0.1) is 0 Å². The molecule has 0 aromatic rings. The van der Waals surface area contributed by atoms with Crippen LogP contribution in [0.15, 0.2) is 4.99 Å². The third-order valence-electron chi connectivity index (χ3n) is 2.14. The third kappa shape index (κ3) is 3.00. The maximum Gasteiger partial charge on any atom is 0.0385 e. The molecule has 0 aromatic carbocycles. The summed E-state index contributed by atoms with van der Waals surface area (Å²) >= 11 is 0. The topological polar surface area (TPSA) is 12.4 Å². The fraction of sp³-hybridized carbons (Fsp3) is 0.889. The zero-order valence-electron chi connectivity index (χ0n) is 6.84. The van der Waals surface area contributed by atoms with Gasteiger partial charge in [-0.25, -0.2) is 0 Å². The lowest BCUT2D eigenvalue weighted by atomic mass is 10.00. The van der Waals surface area contributed by atoms with E-state index in [1.165, 1.54) is 32.1 Å². The highest BCUT2D eigenvalue weighted by molar-refractivity contribution is 5.56. The minimum Gasteiger partial charge on any atom is -0.298 e. The van der Waals surface area contributed by atoms with E-state index in [1.54, 1.807) is 0 Å². The van der Waals surface area contributed by atoms with Crippen molar-refractivity contribution in [1.29, 1.82) is 0 Å². The first-order valence-corrected chi connectivity index (χ1v) is 4.38. The van der Waals surface area contributed by atoms with Crippen LogP contribution in [0.4, 0.5) is 0 Å². The Bertz CT molecular complexity index is 95.3. The van der Waals surface area contributed by atoms with Gasteiger partial charge in [0.2, 0.25) is 0 Å². The predicted molar refractivity (Wildman–Crippen MR) is 45.6 cm³/mol. The maximum absolute atomic E-state index is 4.30. The largest absolute Gasteiger partial charge is 0.298 e. The lowest BCUT2D eigenvalue weighted by Gasteiger charge is -2.06. The first-order valence-electron chi connectivity index (χ1n) is 4.38. The highest BCUT2D eigenvalue weighted by Crippen LogP contribution is 2.14. The van der Waals surface area contributed by atoms with Crippen LogP contribution in [0.2, 0.25) is 0 Å². The molecule has 0 amide bonds. The van der Waals surface area contributed by atoms with Gasteiger partial charge in [0.25, 0.3) is 0 Å². The number of hydrogen-bond acceptors (Lipinski definition) is 1. The van der Waals surface area contributed by atoms with E-state index in [0.29, 0.717) is 0 Å². The van der Waals surface area contributed by atoms with E-state index in [1.807, 2.05) is 0 Å². The van der Waals surface area contributed by atoms with Crippen molar-refractivity contribution in [3.05, 3.63) is 0 Å². The number of aliphatic imine (C=N–C) groups is 1. The Morgan fingerprint density at radius 2 is 2.10 bits per heavy atom. The molecule has 0 radical (unpaired) electrons. The molecule has 0 spiro atoms. The first kappa shape index (κ1) is 7.77. The summed E-state index contributed by atoms with van der Waals surface area (Å²) in [6, 6.07) is 0. The van der Waals surface area contributed by atoms with E-state index in [9.17, 15) is 0 Å². The van der Waals surface area contributed by atoms with Crippen LogP contribution in [0.5, 0.6) is 0 Å². The Hall–Kier alpha value is -0.330. The van der Waals surface area contributed by atoms with E-state index in [-0.39, 0.29) is 0 Å². The summed E-state index contributed by atoms with van der Waals surface area (Å²) in [5.74, 6) is 0.932. The Morgan fingerprint density at radius 3 is 3.00 bits per heavy atom. The van der Waals surface area contributed by atoms with Gasteiger partial charge in [-0.15, -0.1) is 0 Å². The van der Waals surface area contributed by atoms with Gasteiger partial charge in [-0.1, -0.05) is 13.3 Å². The van der Waals surface area contributed by atoms with Crippen molar-refractivity contribution in [3.8, 4) is 0 Å². The molecule has 0 aliphatic carbocycles. The molecule has 1 rings (SSSR count). The van der Waals surface area contributed by atoms with Crippen LogP contribution < -0.4 is 0 Å². The monoisotopic (exact) mass is 139 g/mol. The summed E-state index contributed by atoms with van der Waals surface area (Å²) in [6.07, 6.45) is 8.69. The average molecular weight is 139 g/mol. The molecule has 1 heterocycles. The van der Waals surface area contributed by atoms with Crippen molar-refractivity contribution in [2.75, 3.05) is 6.54 Å². The fourth-order valence-corrected chi connectivity index (χ4v) is 1.42. The van der Waals surface area contributed by atoms with Crippen LogP contribution in [-0.2, 0) is 0 Å². The molecular formula is C9H17N. The van der Waals surface area contributed by atoms with Gasteiger partial charge in [0, 0.05) is 6.54 Å². The minimum atomic E-state index is 0.932. The molecule has 0 saturated heterocycles. The minimum absolute atomic E-state index is 0.932. The number of nitrogens with zero attached hydrogens (tertiary/aromatic N) is 1. The molecule has 10 heavy (non-hydrogen) atoms. The van der Waals surface area contributed by atoms with Crippen LogP contribution in [-0.4, -0.2) is 12.8 Å². The second-order valence-corrected chi connectivity index (χ2v) is 3.27. The third-order valence-corrected chi connectivity index (χ3v) is 2.14. The lowest BCUT2D eigenvalue weighted by Crippen LogP contribution is -1.94. The molecule has 0 saturated carbocycles. The summed E-state index contributed by atoms with van der Waals surface area (Å²) in [6.45, 7) is 3.41. The molecule has 58 valence electrons. The van der Waals surface area contributed by atoms with Crippen molar-refractivity contribution in [2.45, 2.75) is 39.0 Å². The molecule has 1 atom stereocenters. The Labute approximate surface area is 63.5 Å². The Kier molecular flexibility index (Phi) is 3.48. The molecule has 0 bridgehead atoms. The molecule has 0 N–H and O–H groups in total. The van der Waals surface area contributed by atoms with Gasteiger partial charge in [-0.05, 0) is 37.8 Å². The Morgan fingerprint density at radius 1 is 1.30 bits per heavy atom. The summed E-state index contributed by atoms with van der Waals surface area (Å²) < 4.78 is 0. The Balaban J connectivity index is 2.24.